The van der Waals surface area contributed by atoms with Crippen LogP contribution in [0.1, 0.15) is 48.7 Å². The third kappa shape index (κ3) is 7.35. The van der Waals surface area contributed by atoms with Gasteiger partial charge in [0.25, 0.3) is 0 Å². The van der Waals surface area contributed by atoms with Crippen molar-refractivity contribution in [2.75, 3.05) is 26.2 Å². The molecule has 0 fully saturated rings. The Bertz CT molecular complexity index is 1060. The second kappa shape index (κ2) is 12.4. The summed E-state index contributed by atoms with van der Waals surface area (Å²) in [5.41, 5.74) is 4.49. The standard InChI is InChI=1S/C30H32FNO3/c1-23(33)35-29(25-12-14-28(31)15-13-25)22-32-19-16-24(17-20-32)18-21-34-30(26-8-4-2-5-9-26)27-10-6-3-7-11-27/h2-16,29-30H,17-22H2,1H3/t29-/m1/s1. The van der Waals surface area contributed by atoms with Gasteiger partial charge in [-0.1, -0.05) is 84.4 Å². The first kappa shape index (κ1) is 24.8. The van der Waals surface area contributed by atoms with Crippen LogP contribution >= 0.6 is 0 Å². The molecule has 5 heteroatoms. The smallest absolute Gasteiger partial charge is 0.303 e. The van der Waals surface area contributed by atoms with E-state index in [1.807, 2.05) is 36.4 Å². The Labute approximate surface area is 207 Å². The number of nitrogens with zero attached hydrogens (tertiary/aromatic N) is 1. The number of halogens is 1. The van der Waals surface area contributed by atoms with Crippen LogP contribution in [0.4, 0.5) is 4.39 Å². The van der Waals surface area contributed by atoms with E-state index >= 15 is 0 Å². The minimum atomic E-state index is -0.413. The summed E-state index contributed by atoms with van der Waals surface area (Å²) in [4.78, 5) is 13.9. The zero-order chi connectivity index (χ0) is 24.5. The summed E-state index contributed by atoms with van der Waals surface area (Å²) < 4.78 is 25.2. The van der Waals surface area contributed by atoms with Crippen LogP contribution in [0.5, 0.6) is 0 Å². The molecular formula is C30H32FNO3. The summed E-state index contributed by atoms with van der Waals surface area (Å²) in [5, 5.41) is 0. The lowest BCUT2D eigenvalue weighted by atomic mass is 10.0. The van der Waals surface area contributed by atoms with Gasteiger partial charge in [-0.2, -0.15) is 0 Å². The quantitative estimate of drug-likeness (QED) is 0.257. The molecule has 0 N–H and O–H groups in total. The molecular weight excluding hydrogens is 441 g/mol. The van der Waals surface area contributed by atoms with Gasteiger partial charge in [0.15, 0.2) is 0 Å². The number of carbonyl (C=O) groups excluding carboxylic acids is 1. The molecule has 4 rings (SSSR count). The van der Waals surface area contributed by atoms with Crippen molar-refractivity contribution in [1.29, 1.82) is 0 Å². The molecule has 3 aromatic carbocycles. The molecule has 3 aromatic rings. The normalized spacial score (nSPS) is 15.0. The molecule has 1 aliphatic heterocycles. The summed E-state index contributed by atoms with van der Waals surface area (Å²) in [6, 6.07) is 26.8. The molecule has 0 spiro atoms. The van der Waals surface area contributed by atoms with Crippen LogP contribution < -0.4 is 0 Å². The van der Waals surface area contributed by atoms with Gasteiger partial charge in [0.2, 0.25) is 0 Å². The van der Waals surface area contributed by atoms with Crippen LogP contribution in [-0.2, 0) is 14.3 Å². The Morgan fingerprint density at radius 2 is 1.54 bits per heavy atom. The van der Waals surface area contributed by atoms with Crippen molar-refractivity contribution in [2.45, 2.75) is 32.0 Å². The third-order valence-electron chi connectivity index (χ3n) is 6.27. The largest absolute Gasteiger partial charge is 0.456 e. The maximum Gasteiger partial charge on any atom is 0.303 e. The zero-order valence-electron chi connectivity index (χ0n) is 20.1. The molecule has 1 heterocycles. The predicted molar refractivity (Wildman–Crippen MR) is 135 cm³/mol. The van der Waals surface area contributed by atoms with Crippen molar-refractivity contribution in [2.24, 2.45) is 0 Å². The lowest BCUT2D eigenvalue weighted by Gasteiger charge is -2.30. The Morgan fingerprint density at radius 1 is 0.914 bits per heavy atom. The summed E-state index contributed by atoms with van der Waals surface area (Å²) in [5.74, 6) is -0.638. The average molecular weight is 474 g/mol. The molecule has 0 radical (unpaired) electrons. The van der Waals surface area contributed by atoms with Gasteiger partial charge in [0.05, 0.1) is 6.61 Å². The number of hydrogen-bond acceptors (Lipinski definition) is 4. The summed E-state index contributed by atoms with van der Waals surface area (Å²) in [6.07, 6.45) is 3.58. The first-order valence-corrected chi connectivity index (χ1v) is 12.1. The van der Waals surface area contributed by atoms with Crippen molar-refractivity contribution in [3.63, 3.8) is 0 Å². The number of hydrogen-bond donors (Lipinski definition) is 0. The molecule has 1 aliphatic rings. The summed E-state index contributed by atoms with van der Waals surface area (Å²) in [6.45, 7) is 4.30. The van der Waals surface area contributed by atoms with Crippen molar-refractivity contribution < 1.29 is 18.7 Å². The van der Waals surface area contributed by atoms with Crippen LogP contribution in [0.25, 0.3) is 0 Å². The molecule has 0 amide bonds. The van der Waals surface area contributed by atoms with E-state index in [9.17, 15) is 9.18 Å². The predicted octanol–water partition coefficient (Wildman–Crippen LogP) is 6.26. The van der Waals surface area contributed by atoms with E-state index in [4.69, 9.17) is 9.47 Å². The fourth-order valence-corrected chi connectivity index (χ4v) is 4.42. The molecule has 4 nitrogen and oxygen atoms in total. The molecule has 0 aromatic heterocycles. The van der Waals surface area contributed by atoms with Crippen LogP contribution in [0, 0.1) is 5.82 Å². The van der Waals surface area contributed by atoms with Crippen molar-refractivity contribution in [3.8, 4) is 0 Å². The lowest BCUT2D eigenvalue weighted by molar-refractivity contribution is -0.147. The maximum absolute atomic E-state index is 13.3. The minimum Gasteiger partial charge on any atom is -0.456 e. The molecule has 35 heavy (non-hydrogen) atoms. The first-order chi connectivity index (χ1) is 17.1. The molecule has 182 valence electrons. The van der Waals surface area contributed by atoms with E-state index in [1.165, 1.54) is 24.6 Å². The van der Waals surface area contributed by atoms with Crippen molar-refractivity contribution >= 4 is 5.97 Å². The number of ether oxygens (including phenoxy) is 2. The Hall–Kier alpha value is -3.28. The summed E-state index contributed by atoms with van der Waals surface area (Å²) in [7, 11) is 0. The van der Waals surface area contributed by atoms with E-state index in [0.717, 1.165) is 42.6 Å². The molecule has 0 aliphatic carbocycles. The highest BCUT2D eigenvalue weighted by atomic mass is 19.1. The number of benzene rings is 3. The van der Waals surface area contributed by atoms with Gasteiger partial charge >= 0.3 is 5.97 Å². The Balaban J connectivity index is 1.32. The van der Waals surface area contributed by atoms with Gasteiger partial charge in [-0.05, 0) is 41.7 Å². The number of carbonyl (C=O) groups is 1. The highest BCUT2D eigenvalue weighted by Gasteiger charge is 2.21. The van der Waals surface area contributed by atoms with E-state index in [-0.39, 0.29) is 17.9 Å². The van der Waals surface area contributed by atoms with Crippen LogP contribution in [0.2, 0.25) is 0 Å². The van der Waals surface area contributed by atoms with Gasteiger partial charge in [0.1, 0.15) is 18.0 Å². The van der Waals surface area contributed by atoms with Crippen molar-refractivity contribution in [1.82, 2.24) is 4.90 Å². The zero-order valence-corrected chi connectivity index (χ0v) is 20.1. The summed E-state index contributed by atoms with van der Waals surface area (Å²) >= 11 is 0. The monoisotopic (exact) mass is 473 g/mol. The van der Waals surface area contributed by atoms with E-state index in [2.05, 4.69) is 35.2 Å². The van der Waals surface area contributed by atoms with Crippen molar-refractivity contribution in [3.05, 3.63) is 119 Å². The molecule has 0 bridgehead atoms. The molecule has 0 saturated heterocycles. The lowest BCUT2D eigenvalue weighted by Crippen LogP contribution is -2.34. The first-order valence-electron chi connectivity index (χ1n) is 12.1. The Kier molecular flexibility index (Phi) is 8.82. The second-order valence-corrected chi connectivity index (χ2v) is 8.84. The van der Waals surface area contributed by atoms with E-state index in [1.54, 1.807) is 12.1 Å². The Morgan fingerprint density at radius 3 is 2.09 bits per heavy atom. The van der Waals surface area contributed by atoms with Gasteiger partial charge in [-0.25, -0.2) is 4.39 Å². The van der Waals surface area contributed by atoms with Gasteiger partial charge in [-0.15, -0.1) is 0 Å². The fraction of sp³-hybridized carbons (Fsp3) is 0.300. The second-order valence-electron chi connectivity index (χ2n) is 8.84. The van der Waals surface area contributed by atoms with E-state index in [0.29, 0.717) is 13.2 Å². The fourth-order valence-electron chi connectivity index (χ4n) is 4.42. The van der Waals surface area contributed by atoms with E-state index < -0.39 is 6.10 Å². The molecule has 1 atom stereocenters. The maximum atomic E-state index is 13.3. The number of esters is 1. The highest BCUT2D eigenvalue weighted by Crippen LogP contribution is 2.27. The van der Waals surface area contributed by atoms with Crippen LogP contribution in [-0.4, -0.2) is 37.1 Å². The highest BCUT2D eigenvalue weighted by molar-refractivity contribution is 5.66. The molecule has 0 saturated carbocycles. The van der Waals surface area contributed by atoms with Crippen LogP contribution in [0.15, 0.2) is 96.6 Å². The minimum absolute atomic E-state index is 0.0849. The van der Waals surface area contributed by atoms with Gasteiger partial charge in [0, 0.05) is 26.6 Å². The number of rotatable bonds is 10. The van der Waals surface area contributed by atoms with Gasteiger partial charge < -0.3 is 9.47 Å². The van der Waals surface area contributed by atoms with Gasteiger partial charge in [-0.3, -0.25) is 9.69 Å². The average Bonchev–Trinajstić information content (AvgIpc) is 2.88. The SMILES string of the molecule is CC(=O)O[C@H](CN1CC=C(CCOC(c2ccccc2)c2ccccc2)CC1)c1ccc(F)cc1. The molecule has 0 unspecified atom stereocenters. The van der Waals surface area contributed by atoms with Crippen LogP contribution in [0.3, 0.4) is 0 Å². The third-order valence-corrected chi connectivity index (χ3v) is 6.27. The topological polar surface area (TPSA) is 38.8 Å².